The second kappa shape index (κ2) is 7.27. The molecule has 2 aromatic rings. The molecule has 8 heteroatoms. The third-order valence-electron chi connectivity index (χ3n) is 2.89. The number of anilines is 2. The van der Waals surface area contributed by atoms with Crippen LogP contribution in [0.5, 0.6) is 0 Å². The predicted molar refractivity (Wildman–Crippen MR) is 92.3 cm³/mol. The van der Waals surface area contributed by atoms with Gasteiger partial charge in [0.2, 0.25) is 0 Å². The minimum atomic E-state index is -4.41. The van der Waals surface area contributed by atoms with Crippen LogP contribution >= 0.6 is 27.7 Å². The Balaban J connectivity index is 2.11. The lowest BCUT2D eigenvalue weighted by atomic mass is 10.2. The van der Waals surface area contributed by atoms with Gasteiger partial charge in [-0.3, -0.25) is 5.41 Å². The molecule has 0 aliphatic heterocycles. The van der Waals surface area contributed by atoms with Crippen molar-refractivity contribution < 1.29 is 13.2 Å². The van der Waals surface area contributed by atoms with E-state index in [0.29, 0.717) is 5.69 Å². The van der Waals surface area contributed by atoms with Gasteiger partial charge in [0, 0.05) is 15.1 Å². The number of alkyl halides is 3. The topological polar surface area (TPSA) is 47.9 Å². The van der Waals surface area contributed by atoms with Crippen LogP contribution in [0.2, 0.25) is 0 Å². The van der Waals surface area contributed by atoms with E-state index < -0.39 is 11.7 Å². The Morgan fingerprint density at radius 3 is 2.52 bits per heavy atom. The lowest BCUT2D eigenvalue weighted by Gasteiger charge is -2.14. The van der Waals surface area contributed by atoms with Crippen molar-refractivity contribution >= 4 is 45.0 Å². The number of hydrogen-bond donors (Lipinski definition) is 3. The summed E-state index contributed by atoms with van der Waals surface area (Å²) >= 11 is 4.92. The number of thioether (sulfide) groups is 1. The van der Waals surface area contributed by atoms with Gasteiger partial charge in [-0.15, -0.1) is 11.8 Å². The molecule has 0 aliphatic carbocycles. The van der Waals surface area contributed by atoms with Gasteiger partial charge in [0.1, 0.15) is 0 Å². The zero-order valence-corrected chi connectivity index (χ0v) is 14.4. The Bertz CT molecular complexity index is 719. The monoisotopic (exact) mass is 403 g/mol. The quantitative estimate of drug-likeness (QED) is 0.352. The van der Waals surface area contributed by atoms with Crippen LogP contribution in [0.1, 0.15) is 5.56 Å². The highest BCUT2D eigenvalue weighted by molar-refractivity contribution is 9.10. The van der Waals surface area contributed by atoms with Crippen molar-refractivity contribution in [3.63, 3.8) is 0 Å². The molecule has 0 aromatic heterocycles. The lowest BCUT2D eigenvalue weighted by Crippen LogP contribution is -2.21. The first-order chi connectivity index (χ1) is 10.8. The molecular weight excluding hydrogens is 391 g/mol. The van der Waals surface area contributed by atoms with Crippen LogP contribution in [0.25, 0.3) is 0 Å². The van der Waals surface area contributed by atoms with E-state index in [2.05, 4.69) is 26.6 Å². The van der Waals surface area contributed by atoms with Crippen LogP contribution in [-0.4, -0.2) is 12.2 Å². The fourth-order valence-electron chi connectivity index (χ4n) is 1.81. The molecular formula is C15H13BrF3N3S. The Labute approximate surface area is 144 Å². The summed E-state index contributed by atoms with van der Waals surface area (Å²) in [7, 11) is 0. The maximum atomic E-state index is 12.7. The summed E-state index contributed by atoms with van der Waals surface area (Å²) in [5.74, 6) is -0.122. The fraction of sp³-hybridized carbons (Fsp3) is 0.133. The average molecular weight is 404 g/mol. The van der Waals surface area contributed by atoms with Gasteiger partial charge in [-0.2, -0.15) is 13.2 Å². The molecule has 0 radical (unpaired) electrons. The molecule has 2 rings (SSSR count). The molecule has 0 bridgehead atoms. The van der Waals surface area contributed by atoms with E-state index in [4.69, 9.17) is 5.41 Å². The minimum absolute atomic E-state index is 0.122. The Hall–Kier alpha value is -1.67. The fourth-order valence-corrected chi connectivity index (χ4v) is 2.60. The van der Waals surface area contributed by atoms with Crippen molar-refractivity contribution in [3.8, 4) is 0 Å². The highest BCUT2D eigenvalue weighted by atomic mass is 79.9. The average Bonchev–Trinajstić information content (AvgIpc) is 2.49. The molecule has 23 heavy (non-hydrogen) atoms. The van der Waals surface area contributed by atoms with Crippen LogP contribution < -0.4 is 10.6 Å². The van der Waals surface area contributed by atoms with Crippen molar-refractivity contribution in [3.05, 3.63) is 52.5 Å². The standard InChI is InChI=1S/C15H13BrF3N3S/c1-23-11-5-6-12(16)13(8-11)22-14(20)21-10-4-2-3-9(7-10)15(17,18)19/h2-8H,1H3,(H3,20,21,22). The van der Waals surface area contributed by atoms with Gasteiger partial charge < -0.3 is 10.6 Å². The van der Waals surface area contributed by atoms with Gasteiger partial charge in [0.15, 0.2) is 5.96 Å². The molecule has 0 unspecified atom stereocenters. The van der Waals surface area contributed by atoms with E-state index in [1.165, 1.54) is 12.1 Å². The SMILES string of the molecule is CSc1ccc(Br)c(NC(=N)Nc2cccc(C(F)(F)F)c2)c1. The molecule has 0 aliphatic rings. The van der Waals surface area contributed by atoms with E-state index >= 15 is 0 Å². The van der Waals surface area contributed by atoms with Crippen molar-refractivity contribution in [2.45, 2.75) is 11.1 Å². The highest BCUT2D eigenvalue weighted by Gasteiger charge is 2.30. The molecule has 0 spiro atoms. The van der Waals surface area contributed by atoms with Crippen LogP contribution in [0.3, 0.4) is 0 Å². The summed E-state index contributed by atoms with van der Waals surface area (Å²) in [6, 6.07) is 10.3. The number of hydrogen-bond acceptors (Lipinski definition) is 2. The third kappa shape index (κ3) is 4.90. The maximum Gasteiger partial charge on any atom is 0.416 e. The van der Waals surface area contributed by atoms with Crippen molar-refractivity contribution in [2.75, 3.05) is 16.9 Å². The molecule has 2 aromatic carbocycles. The second-order valence-corrected chi connectivity index (χ2v) is 6.28. The van der Waals surface area contributed by atoms with Crippen molar-refractivity contribution in [1.29, 1.82) is 5.41 Å². The van der Waals surface area contributed by atoms with Crippen LogP contribution in [0.4, 0.5) is 24.5 Å². The van der Waals surface area contributed by atoms with Gasteiger partial charge in [0.05, 0.1) is 11.3 Å². The predicted octanol–water partition coefficient (Wildman–Crippen LogP) is 5.65. The second-order valence-electron chi connectivity index (χ2n) is 4.55. The van der Waals surface area contributed by atoms with E-state index in [1.807, 2.05) is 24.5 Å². The Morgan fingerprint density at radius 1 is 1.13 bits per heavy atom. The van der Waals surface area contributed by atoms with Crippen LogP contribution in [0, 0.1) is 5.41 Å². The summed E-state index contributed by atoms with van der Waals surface area (Å²) in [5.41, 5.74) is 0.0802. The first kappa shape index (κ1) is 17.7. The van der Waals surface area contributed by atoms with E-state index in [1.54, 1.807) is 11.8 Å². The number of guanidine groups is 1. The molecule has 0 saturated heterocycles. The summed E-state index contributed by atoms with van der Waals surface area (Å²) in [6.07, 6.45) is -2.48. The van der Waals surface area contributed by atoms with Crippen molar-refractivity contribution in [1.82, 2.24) is 0 Å². The minimum Gasteiger partial charge on any atom is -0.326 e. The normalized spacial score (nSPS) is 11.2. The summed E-state index contributed by atoms with van der Waals surface area (Å²) < 4.78 is 38.8. The summed E-state index contributed by atoms with van der Waals surface area (Å²) in [4.78, 5) is 1.00. The maximum absolute atomic E-state index is 12.7. The molecule has 0 saturated carbocycles. The molecule has 122 valence electrons. The largest absolute Gasteiger partial charge is 0.416 e. The van der Waals surface area contributed by atoms with Crippen LogP contribution in [-0.2, 0) is 6.18 Å². The molecule has 3 nitrogen and oxygen atoms in total. The molecule has 0 amide bonds. The van der Waals surface area contributed by atoms with Gasteiger partial charge >= 0.3 is 6.18 Å². The number of rotatable bonds is 3. The molecule has 3 N–H and O–H groups in total. The molecule has 0 heterocycles. The first-order valence-corrected chi connectivity index (χ1v) is 8.45. The highest BCUT2D eigenvalue weighted by Crippen LogP contribution is 2.31. The molecule has 0 fully saturated rings. The van der Waals surface area contributed by atoms with Crippen molar-refractivity contribution in [2.24, 2.45) is 0 Å². The number of nitrogens with one attached hydrogen (secondary N) is 3. The zero-order valence-electron chi connectivity index (χ0n) is 12.0. The lowest BCUT2D eigenvalue weighted by molar-refractivity contribution is -0.137. The van der Waals surface area contributed by atoms with Gasteiger partial charge in [-0.25, -0.2) is 0 Å². The third-order valence-corrected chi connectivity index (χ3v) is 4.31. The summed E-state index contributed by atoms with van der Waals surface area (Å²) in [5, 5.41) is 13.3. The summed E-state index contributed by atoms with van der Waals surface area (Å²) in [6.45, 7) is 0. The Morgan fingerprint density at radius 2 is 1.87 bits per heavy atom. The van der Waals surface area contributed by atoms with E-state index in [-0.39, 0.29) is 11.6 Å². The van der Waals surface area contributed by atoms with Gasteiger partial charge in [-0.05, 0) is 58.6 Å². The van der Waals surface area contributed by atoms with Gasteiger partial charge in [0.25, 0.3) is 0 Å². The van der Waals surface area contributed by atoms with Gasteiger partial charge in [-0.1, -0.05) is 6.07 Å². The molecule has 0 atom stereocenters. The number of benzene rings is 2. The van der Waals surface area contributed by atoms with E-state index in [9.17, 15) is 13.2 Å². The number of halogens is 4. The van der Waals surface area contributed by atoms with Crippen LogP contribution in [0.15, 0.2) is 51.8 Å². The Kier molecular flexibility index (Phi) is 5.59. The zero-order chi connectivity index (χ0) is 17.0. The van der Waals surface area contributed by atoms with E-state index in [0.717, 1.165) is 21.5 Å². The smallest absolute Gasteiger partial charge is 0.326 e. The first-order valence-electron chi connectivity index (χ1n) is 6.43.